The summed E-state index contributed by atoms with van der Waals surface area (Å²) in [5.74, 6) is 0.893. The average molecular weight is 287 g/mol. The van der Waals surface area contributed by atoms with Crippen LogP contribution in [0.2, 0.25) is 0 Å². The second kappa shape index (κ2) is 6.89. The highest BCUT2D eigenvalue weighted by molar-refractivity contribution is 9.10. The standard InChI is InChI=1S/C12H19BrN2O/c1-15(2)6-3-7-16-12-5-4-11(13)8-10(12)9-14/h4-5,8H,3,6-7,9,14H2,1-2H3. The summed E-state index contributed by atoms with van der Waals surface area (Å²) in [5.41, 5.74) is 6.70. The van der Waals surface area contributed by atoms with Gasteiger partial charge in [0.15, 0.2) is 0 Å². The third kappa shape index (κ3) is 4.51. The predicted molar refractivity (Wildman–Crippen MR) is 70.7 cm³/mol. The summed E-state index contributed by atoms with van der Waals surface area (Å²) in [6.07, 6.45) is 1.02. The van der Waals surface area contributed by atoms with Crippen LogP contribution in [0.3, 0.4) is 0 Å². The van der Waals surface area contributed by atoms with Gasteiger partial charge < -0.3 is 15.4 Å². The van der Waals surface area contributed by atoms with Crippen molar-refractivity contribution in [2.45, 2.75) is 13.0 Å². The lowest BCUT2D eigenvalue weighted by Gasteiger charge is -2.12. The van der Waals surface area contributed by atoms with E-state index in [1.54, 1.807) is 0 Å². The molecule has 0 aliphatic heterocycles. The van der Waals surface area contributed by atoms with Gasteiger partial charge in [-0.15, -0.1) is 0 Å². The zero-order valence-electron chi connectivity index (χ0n) is 9.87. The zero-order valence-corrected chi connectivity index (χ0v) is 11.5. The summed E-state index contributed by atoms with van der Waals surface area (Å²) in [7, 11) is 4.12. The van der Waals surface area contributed by atoms with E-state index in [1.807, 2.05) is 18.2 Å². The summed E-state index contributed by atoms with van der Waals surface area (Å²) < 4.78 is 6.74. The van der Waals surface area contributed by atoms with Crippen molar-refractivity contribution in [2.75, 3.05) is 27.2 Å². The Morgan fingerprint density at radius 2 is 2.12 bits per heavy atom. The number of hydrogen-bond acceptors (Lipinski definition) is 3. The van der Waals surface area contributed by atoms with Gasteiger partial charge in [0.2, 0.25) is 0 Å². The normalized spacial score (nSPS) is 10.8. The van der Waals surface area contributed by atoms with Crippen LogP contribution in [0.4, 0.5) is 0 Å². The molecule has 0 aliphatic carbocycles. The lowest BCUT2D eigenvalue weighted by molar-refractivity contribution is 0.279. The number of ether oxygens (including phenoxy) is 1. The molecule has 16 heavy (non-hydrogen) atoms. The number of benzene rings is 1. The Kier molecular flexibility index (Phi) is 5.80. The fraction of sp³-hybridized carbons (Fsp3) is 0.500. The molecular weight excluding hydrogens is 268 g/mol. The van der Waals surface area contributed by atoms with Crippen LogP contribution >= 0.6 is 15.9 Å². The van der Waals surface area contributed by atoms with Gasteiger partial charge in [0.05, 0.1) is 6.61 Å². The van der Waals surface area contributed by atoms with Crippen molar-refractivity contribution in [3.05, 3.63) is 28.2 Å². The van der Waals surface area contributed by atoms with E-state index in [0.29, 0.717) is 6.54 Å². The zero-order chi connectivity index (χ0) is 12.0. The largest absolute Gasteiger partial charge is 0.493 e. The Bertz CT molecular complexity index is 329. The van der Waals surface area contributed by atoms with E-state index < -0.39 is 0 Å². The smallest absolute Gasteiger partial charge is 0.123 e. The number of nitrogens with two attached hydrogens (primary N) is 1. The van der Waals surface area contributed by atoms with Gasteiger partial charge in [-0.25, -0.2) is 0 Å². The average Bonchev–Trinajstić information content (AvgIpc) is 2.25. The lowest BCUT2D eigenvalue weighted by Crippen LogP contribution is -2.16. The highest BCUT2D eigenvalue weighted by Gasteiger charge is 2.02. The highest BCUT2D eigenvalue weighted by atomic mass is 79.9. The Labute approximate surface area is 106 Å². The summed E-state index contributed by atoms with van der Waals surface area (Å²) in [6.45, 7) is 2.27. The van der Waals surface area contributed by atoms with Crippen molar-refractivity contribution < 1.29 is 4.74 Å². The van der Waals surface area contributed by atoms with Gasteiger partial charge in [-0.3, -0.25) is 0 Å². The maximum absolute atomic E-state index is 5.71. The second-order valence-corrected chi connectivity index (χ2v) is 4.88. The van der Waals surface area contributed by atoms with Crippen LogP contribution < -0.4 is 10.5 Å². The number of nitrogens with zero attached hydrogens (tertiary/aromatic N) is 1. The minimum absolute atomic E-state index is 0.502. The Morgan fingerprint density at radius 1 is 1.38 bits per heavy atom. The first kappa shape index (κ1) is 13.5. The van der Waals surface area contributed by atoms with E-state index in [-0.39, 0.29) is 0 Å². The lowest BCUT2D eigenvalue weighted by atomic mass is 10.2. The quantitative estimate of drug-likeness (QED) is 0.815. The van der Waals surface area contributed by atoms with Gasteiger partial charge in [-0.2, -0.15) is 0 Å². The topological polar surface area (TPSA) is 38.5 Å². The minimum Gasteiger partial charge on any atom is -0.493 e. The molecule has 0 atom stereocenters. The van der Waals surface area contributed by atoms with Crippen LogP contribution in [0.1, 0.15) is 12.0 Å². The molecule has 1 aromatic rings. The van der Waals surface area contributed by atoms with Crippen molar-refractivity contribution in [3.8, 4) is 5.75 Å². The molecule has 0 fully saturated rings. The van der Waals surface area contributed by atoms with Gasteiger partial charge >= 0.3 is 0 Å². The monoisotopic (exact) mass is 286 g/mol. The van der Waals surface area contributed by atoms with Crippen molar-refractivity contribution >= 4 is 15.9 Å². The highest BCUT2D eigenvalue weighted by Crippen LogP contribution is 2.22. The van der Waals surface area contributed by atoms with Gasteiger partial charge in [0.1, 0.15) is 5.75 Å². The SMILES string of the molecule is CN(C)CCCOc1ccc(Br)cc1CN. The van der Waals surface area contributed by atoms with E-state index in [1.165, 1.54) is 0 Å². The molecular formula is C12H19BrN2O. The molecule has 0 aromatic heterocycles. The molecule has 90 valence electrons. The molecule has 1 rings (SSSR count). The number of halogens is 1. The summed E-state index contributed by atoms with van der Waals surface area (Å²) >= 11 is 3.42. The Balaban J connectivity index is 2.47. The van der Waals surface area contributed by atoms with Gasteiger partial charge in [-0.1, -0.05) is 15.9 Å². The third-order valence-corrected chi connectivity index (χ3v) is 2.74. The molecule has 0 spiro atoms. The fourth-order valence-electron chi connectivity index (χ4n) is 1.41. The molecule has 4 heteroatoms. The van der Waals surface area contributed by atoms with Gasteiger partial charge in [-0.05, 0) is 38.7 Å². The summed E-state index contributed by atoms with van der Waals surface area (Å²) in [6, 6.07) is 5.93. The van der Waals surface area contributed by atoms with E-state index >= 15 is 0 Å². The van der Waals surface area contributed by atoms with Gasteiger partial charge in [0, 0.05) is 23.1 Å². The van der Waals surface area contributed by atoms with Crippen molar-refractivity contribution in [1.82, 2.24) is 4.90 Å². The molecule has 2 N–H and O–H groups in total. The molecule has 0 amide bonds. The van der Waals surface area contributed by atoms with Crippen molar-refractivity contribution in [1.29, 1.82) is 0 Å². The second-order valence-electron chi connectivity index (χ2n) is 3.96. The molecule has 0 unspecified atom stereocenters. The first-order chi connectivity index (χ1) is 7.63. The van der Waals surface area contributed by atoms with Gasteiger partial charge in [0.25, 0.3) is 0 Å². The van der Waals surface area contributed by atoms with Crippen molar-refractivity contribution in [3.63, 3.8) is 0 Å². The maximum atomic E-state index is 5.71. The molecule has 0 saturated heterocycles. The Morgan fingerprint density at radius 3 is 2.75 bits per heavy atom. The molecule has 0 aliphatic rings. The summed E-state index contributed by atoms with van der Waals surface area (Å²) in [5, 5.41) is 0. The van der Waals surface area contributed by atoms with Crippen molar-refractivity contribution in [2.24, 2.45) is 5.73 Å². The van der Waals surface area contributed by atoms with Crippen LogP contribution in [0.25, 0.3) is 0 Å². The number of hydrogen-bond donors (Lipinski definition) is 1. The fourth-order valence-corrected chi connectivity index (χ4v) is 1.82. The first-order valence-corrected chi connectivity index (χ1v) is 6.19. The van der Waals surface area contributed by atoms with E-state index in [4.69, 9.17) is 10.5 Å². The van der Waals surface area contributed by atoms with E-state index in [2.05, 4.69) is 34.9 Å². The first-order valence-electron chi connectivity index (χ1n) is 5.39. The van der Waals surface area contributed by atoms with E-state index in [0.717, 1.165) is 35.4 Å². The third-order valence-electron chi connectivity index (χ3n) is 2.25. The predicted octanol–water partition coefficient (Wildman–Crippen LogP) is 2.24. The molecule has 0 heterocycles. The van der Waals surface area contributed by atoms with Crippen LogP contribution in [-0.4, -0.2) is 32.1 Å². The number of rotatable bonds is 6. The molecule has 1 aromatic carbocycles. The molecule has 3 nitrogen and oxygen atoms in total. The molecule has 0 radical (unpaired) electrons. The van der Waals surface area contributed by atoms with Crippen LogP contribution in [-0.2, 0) is 6.54 Å². The van der Waals surface area contributed by atoms with Crippen LogP contribution in [0, 0.1) is 0 Å². The maximum Gasteiger partial charge on any atom is 0.123 e. The molecule has 0 bridgehead atoms. The Hall–Kier alpha value is -0.580. The minimum atomic E-state index is 0.502. The summed E-state index contributed by atoms with van der Waals surface area (Å²) in [4.78, 5) is 2.15. The van der Waals surface area contributed by atoms with Crippen LogP contribution in [0.5, 0.6) is 5.75 Å². The molecule has 0 saturated carbocycles. The van der Waals surface area contributed by atoms with E-state index in [9.17, 15) is 0 Å². The van der Waals surface area contributed by atoms with Crippen LogP contribution in [0.15, 0.2) is 22.7 Å².